The monoisotopic (exact) mass is 322 g/mol. The van der Waals surface area contributed by atoms with Gasteiger partial charge in [0.25, 0.3) is 0 Å². The molecule has 1 aliphatic rings. The summed E-state index contributed by atoms with van der Waals surface area (Å²) in [6, 6.07) is 7.42. The zero-order valence-corrected chi connectivity index (χ0v) is 13.1. The number of aliphatic carboxylic acids is 1. The number of piperidine rings is 1. The largest absolute Gasteiger partial charge is 0.496 e. The lowest BCUT2D eigenvalue weighted by atomic mass is 9.95. The van der Waals surface area contributed by atoms with Crippen molar-refractivity contribution in [3.63, 3.8) is 0 Å². The first-order chi connectivity index (χ1) is 11.0. The van der Waals surface area contributed by atoms with Crippen LogP contribution in [-0.4, -0.2) is 59.8 Å². The molecule has 0 spiro atoms. The third-order valence-electron chi connectivity index (χ3n) is 4.01. The van der Waals surface area contributed by atoms with Gasteiger partial charge in [0, 0.05) is 25.2 Å². The highest BCUT2D eigenvalue weighted by molar-refractivity contribution is 5.78. The van der Waals surface area contributed by atoms with Crippen molar-refractivity contribution in [3.8, 4) is 5.75 Å². The third-order valence-corrected chi connectivity index (χ3v) is 4.01. The molecule has 0 bridgehead atoms. The quantitative estimate of drug-likeness (QED) is 0.686. The topological polar surface area (TPSA) is 99.1 Å². The zero-order valence-electron chi connectivity index (χ0n) is 13.1. The smallest absolute Gasteiger partial charge is 0.310 e. The van der Waals surface area contributed by atoms with Gasteiger partial charge in [-0.3, -0.25) is 14.5 Å². The number of ether oxygens (including phenoxy) is 1. The standard InChI is InChI=1S/C16H22N2O5/c1-23-14-5-3-2-4-11(14)8-17-15(20)10-18-7-6-13(19)12(9-18)16(21)22/h2-5,12-13,19H,6-10H2,1H3,(H,17,20)(H,21,22)/t12-,13+/m1/s1. The maximum Gasteiger partial charge on any atom is 0.310 e. The fourth-order valence-corrected chi connectivity index (χ4v) is 2.70. The van der Waals surface area contributed by atoms with Crippen molar-refractivity contribution in [2.24, 2.45) is 5.92 Å². The van der Waals surface area contributed by atoms with E-state index in [9.17, 15) is 14.7 Å². The summed E-state index contributed by atoms with van der Waals surface area (Å²) < 4.78 is 5.23. The number of aliphatic hydroxyl groups excluding tert-OH is 1. The van der Waals surface area contributed by atoms with Crippen LogP contribution in [0, 0.1) is 5.92 Å². The van der Waals surface area contributed by atoms with Crippen LogP contribution in [0.25, 0.3) is 0 Å². The summed E-state index contributed by atoms with van der Waals surface area (Å²) in [4.78, 5) is 24.9. The Kier molecular flexibility index (Phi) is 5.95. The lowest BCUT2D eigenvalue weighted by molar-refractivity contribution is -0.149. The molecule has 0 radical (unpaired) electrons. The third kappa shape index (κ3) is 4.67. The Balaban J connectivity index is 1.84. The second-order valence-corrected chi connectivity index (χ2v) is 5.62. The van der Waals surface area contributed by atoms with E-state index in [1.165, 1.54) is 0 Å². The van der Waals surface area contributed by atoms with Gasteiger partial charge in [-0.25, -0.2) is 0 Å². The Morgan fingerprint density at radius 3 is 2.83 bits per heavy atom. The molecule has 1 aliphatic heterocycles. The Morgan fingerprint density at radius 1 is 1.39 bits per heavy atom. The van der Waals surface area contributed by atoms with Gasteiger partial charge in [-0.05, 0) is 12.5 Å². The molecule has 1 fully saturated rings. The summed E-state index contributed by atoms with van der Waals surface area (Å²) in [5.41, 5.74) is 0.876. The van der Waals surface area contributed by atoms with Crippen LogP contribution < -0.4 is 10.1 Å². The molecular weight excluding hydrogens is 300 g/mol. The highest BCUT2D eigenvalue weighted by atomic mass is 16.5. The highest BCUT2D eigenvalue weighted by Gasteiger charge is 2.33. The van der Waals surface area contributed by atoms with E-state index >= 15 is 0 Å². The summed E-state index contributed by atoms with van der Waals surface area (Å²) in [6.07, 6.45) is -0.489. The molecule has 0 saturated carbocycles. The van der Waals surface area contributed by atoms with Gasteiger partial charge in [0.15, 0.2) is 0 Å². The zero-order chi connectivity index (χ0) is 16.8. The minimum absolute atomic E-state index is 0.117. The number of hydrogen-bond acceptors (Lipinski definition) is 5. The van der Waals surface area contributed by atoms with Crippen molar-refractivity contribution >= 4 is 11.9 Å². The minimum atomic E-state index is -1.03. The maximum atomic E-state index is 12.0. The van der Waals surface area contributed by atoms with Crippen LogP contribution in [0.3, 0.4) is 0 Å². The molecule has 23 heavy (non-hydrogen) atoms. The Labute approximate surface area is 134 Å². The van der Waals surface area contributed by atoms with Crippen molar-refractivity contribution in [1.29, 1.82) is 0 Å². The number of hydrogen-bond donors (Lipinski definition) is 3. The number of likely N-dealkylation sites (tertiary alicyclic amines) is 1. The minimum Gasteiger partial charge on any atom is -0.496 e. The fraction of sp³-hybridized carbons (Fsp3) is 0.500. The highest BCUT2D eigenvalue weighted by Crippen LogP contribution is 2.18. The molecule has 0 aliphatic carbocycles. The number of carboxylic acids is 1. The summed E-state index contributed by atoms with van der Waals surface area (Å²) in [6.45, 7) is 1.15. The molecule has 126 valence electrons. The van der Waals surface area contributed by atoms with Gasteiger partial charge in [-0.15, -0.1) is 0 Å². The molecule has 7 nitrogen and oxygen atoms in total. The van der Waals surface area contributed by atoms with Crippen molar-refractivity contribution in [3.05, 3.63) is 29.8 Å². The van der Waals surface area contributed by atoms with Crippen LogP contribution in [0.5, 0.6) is 5.75 Å². The van der Waals surface area contributed by atoms with Crippen LogP contribution in [0.4, 0.5) is 0 Å². The van der Waals surface area contributed by atoms with E-state index in [4.69, 9.17) is 9.84 Å². The van der Waals surface area contributed by atoms with E-state index in [0.29, 0.717) is 25.3 Å². The molecule has 1 saturated heterocycles. The summed E-state index contributed by atoms with van der Waals surface area (Å²) >= 11 is 0. The van der Waals surface area contributed by atoms with Crippen LogP contribution >= 0.6 is 0 Å². The number of nitrogens with one attached hydrogen (secondary N) is 1. The van der Waals surface area contributed by atoms with Crippen molar-refractivity contribution < 1.29 is 24.5 Å². The van der Waals surface area contributed by atoms with Gasteiger partial charge in [-0.1, -0.05) is 18.2 Å². The SMILES string of the molecule is COc1ccccc1CNC(=O)CN1CC[C@H](O)[C@H](C(=O)O)C1. The molecule has 1 aromatic rings. The second-order valence-electron chi connectivity index (χ2n) is 5.62. The predicted molar refractivity (Wildman–Crippen MR) is 83.0 cm³/mol. The average Bonchev–Trinajstić information content (AvgIpc) is 2.54. The van der Waals surface area contributed by atoms with E-state index in [-0.39, 0.29) is 19.0 Å². The van der Waals surface area contributed by atoms with Crippen LogP contribution in [-0.2, 0) is 16.1 Å². The first-order valence-corrected chi connectivity index (χ1v) is 7.53. The molecule has 1 heterocycles. The van der Waals surface area contributed by atoms with Gasteiger partial charge < -0.3 is 20.3 Å². The van der Waals surface area contributed by atoms with E-state index < -0.39 is 18.0 Å². The van der Waals surface area contributed by atoms with Crippen LogP contribution in [0.2, 0.25) is 0 Å². The van der Waals surface area contributed by atoms with Gasteiger partial charge in [0.2, 0.25) is 5.91 Å². The molecular formula is C16H22N2O5. The van der Waals surface area contributed by atoms with Crippen LogP contribution in [0.15, 0.2) is 24.3 Å². The molecule has 7 heteroatoms. The van der Waals surface area contributed by atoms with Crippen LogP contribution in [0.1, 0.15) is 12.0 Å². The Hall–Kier alpha value is -2.12. The summed E-state index contributed by atoms with van der Waals surface area (Å²) in [5.74, 6) is -1.35. The maximum absolute atomic E-state index is 12.0. The van der Waals surface area contributed by atoms with Gasteiger partial charge in [0.1, 0.15) is 5.75 Å². The molecule has 2 atom stereocenters. The van der Waals surface area contributed by atoms with Crippen molar-refractivity contribution in [2.45, 2.75) is 19.1 Å². The number of carboxylic acid groups (broad SMARTS) is 1. The number of nitrogens with zero attached hydrogens (tertiary/aromatic N) is 1. The van der Waals surface area contributed by atoms with Gasteiger partial charge >= 0.3 is 5.97 Å². The molecule has 0 aromatic heterocycles. The lowest BCUT2D eigenvalue weighted by Gasteiger charge is -2.33. The number of amides is 1. The molecule has 1 aromatic carbocycles. The number of carbonyl (C=O) groups is 2. The van der Waals surface area contributed by atoms with Crippen molar-refractivity contribution in [1.82, 2.24) is 10.2 Å². The molecule has 0 unspecified atom stereocenters. The number of rotatable bonds is 6. The van der Waals surface area contributed by atoms with E-state index in [0.717, 1.165) is 5.56 Å². The van der Waals surface area contributed by atoms with E-state index in [1.807, 2.05) is 24.3 Å². The number of aliphatic hydroxyl groups is 1. The van der Waals surface area contributed by atoms with Crippen molar-refractivity contribution in [2.75, 3.05) is 26.7 Å². The van der Waals surface area contributed by atoms with E-state index in [2.05, 4.69) is 5.32 Å². The van der Waals surface area contributed by atoms with Gasteiger partial charge in [0.05, 0.1) is 25.7 Å². The summed E-state index contributed by atoms with van der Waals surface area (Å²) in [5, 5.41) is 21.6. The Morgan fingerprint density at radius 2 is 2.13 bits per heavy atom. The summed E-state index contributed by atoms with van der Waals surface area (Å²) in [7, 11) is 1.58. The molecule has 3 N–H and O–H groups in total. The Bertz CT molecular complexity index is 563. The number of benzene rings is 1. The average molecular weight is 322 g/mol. The predicted octanol–water partition coefficient (Wildman–Crippen LogP) is 0.0788. The van der Waals surface area contributed by atoms with E-state index in [1.54, 1.807) is 12.0 Å². The molecule has 1 amide bonds. The number of methoxy groups -OCH3 is 1. The lowest BCUT2D eigenvalue weighted by Crippen LogP contribution is -2.49. The van der Waals surface area contributed by atoms with Gasteiger partial charge in [-0.2, -0.15) is 0 Å². The number of carbonyl (C=O) groups excluding carboxylic acids is 1. The second kappa shape index (κ2) is 7.94. The first kappa shape index (κ1) is 17.2. The normalized spacial score (nSPS) is 21.7. The first-order valence-electron chi connectivity index (χ1n) is 7.53. The number of para-hydroxylation sites is 1. The molecule has 2 rings (SSSR count). The fourth-order valence-electron chi connectivity index (χ4n) is 2.70.